The molecule has 4 nitrogen and oxygen atoms in total. The molecule has 3 aromatic rings. The number of carbonyl (C=O) groups excluding carboxylic acids is 1. The van der Waals surface area contributed by atoms with Crippen LogP contribution in [0.2, 0.25) is 0 Å². The second-order valence-corrected chi connectivity index (χ2v) is 8.86. The maximum Gasteiger partial charge on any atom is 0.256 e. The van der Waals surface area contributed by atoms with Crippen LogP contribution in [0.3, 0.4) is 0 Å². The van der Waals surface area contributed by atoms with Crippen molar-refractivity contribution in [1.82, 2.24) is 4.90 Å². The maximum absolute atomic E-state index is 13.3. The van der Waals surface area contributed by atoms with Crippen LogP contribution in [-0.4, -0.2) is 35.4 Å². The number of hydrogen-bond acceptors (Lipinski definition) is 4. The molecular formula is C26H25N3OS. The predicted molar refractivity (Wildman–Crippen MR) is 128 cm³/mol. The minimum Gasteiger partial charge on any atom is -0.322 e. The van der Waals surface area contributed by atoms with Crippen LogP contribution in [0.1, 0.15) is 27.0 Å². The molecule has 1 amide bonds. The summed E-state index contributed by atoms with van der Waals surface area (Å²) in [4.78, 5) is 15.7. The molecule has 0 spiro atoms. The van der Waals surface area contributed by atoms with Crippen molar-refractivity contribution in [2.45, 2.75) is 13.5 Å². The first-order valence-corrected chi connectivity index (χ1v) is 11.6. The first-order chi connectivity index (χ1) is 15.2. The lowest BCUT2D eigenvalue weighted by molar-refractivity contribution is 0.102. The summed E-state index contributed by atoms with van der Waals surface area (Å²) in [7, 11) is 0. The topological polar surface area (TPSA) is 56.1 Å². The average Bonchev–Trinajstić information content (AvgIpc) is 2.82. The number of nitrogens with one attached hydrogen (secondary N) is 1. The molecule has 1 aliphatic rings. The van der Waals surface area contributed by atoms with Crippen molar-refractivity contribution >= 4 is 23.4 Å². The molecule has 0 radical (unpaired) electrons. The van der Waals surface area contributed by atoms with E-state index in [1.807, 2.05) is 66.4 Å². The Morgan fingerprint density at radius 1 is 1.00 bits per heavy atom. The standard InChI is InChI=1S/C26H25N3OS/c1-19-21(18-29-13-15-31-16-14-29)8-6-12-25(19)28-26(30)24-11-5-4-10-23(24)22-9-3-2-7-20(22)17-27/h2-12H,13-16,18H2,1H3,(H,28,30). The van der Waals surface area contributed by atoms with Gasteiger partial charge in [0.2, 0.25) is 0 Å². The molecule has 1 aliphatic heterocycles. The van der Waals surface area contributed by atoms with Crippen LogP contribution in [0.25, 0.3) is 11.1 Å². The van der Waals surface area contributed by atoms with E-state index >= 15 is 0 Å². The van der Waals surface area contributed by atoms with E-state index in [0.717, 1.165) is 42.0 Å². The number of nitrogens with zero attached hydrogens (tertiary/aromatic N) is 2. The highest BCUT2D eigenvalue weighted by atomic mass is 32.2. The highest BCUT2D eigenvalue weighted by Gasteiger charge is 2.17. The van der Waals surface area contributed by atoms with Crippen molar-refractivity contribution in [2.75, 3.05) is 29.9 Å². The van der Waals surface area contributed by atoms with Gasteiger partial charge in [0.1, 0.15) is 0 Å². The van der Waals surface area contributed by atoms with Crippen LogP contribution in [0.4, 0.5) is 5.69 Å². The van der Waals surface area contributed by atoms with E-state index in [1.165, 1.54) is 17.1 Å². The van der Waals surface area contributed by atoms with Crippen molar-refractivity contribution in [3.63, 3.8) is 0 Å². The molecule has 4 rings (SSSR count). The van der Waals surface area contributed by atoms with Crippen molar-refractivity contribution in [1.29, 1.82) is 5.26 Å². The summed E-state index contributed by atoms with van der Waals surface area (Å²) >= 11 is 2.01. The number of nitriles is 1. The Morgan fingerprint density at radius 2 is 1.71 bits per heavy atom. The highest BCUT2D eigenvalue weighted by molar-refractivity contribution is 7.99. The summed E-state index contributed by atoms with van der Waals surface area (Å²) in [5, 5.41) is 12.6. The lowest BCUT2D eigenvalue weighted by Crippen LogP contribution is -2.32. The number of amides is 1. The number of anilines is 1. The molecule has 1 heterocycles. The Bertz CT molecular complexity index is 1130. The van der Waals surface area contributed by atoms with Gasteiger partial charge in [-0.05, 0) is 41.8 Å². The monoisotopic (exact) mass is 427 g/mol. The lowest BCUT2D eigenvalue weighted by Gasteiger charge is -2.27. The van der Waals surface area contributed by atoms with Crippen LogP contribution < -0.4 is 5.32 Å². The molecule has 3 aromatic carbocycles. The van der Waals surface area contributed by atoms with E-state index in [4.69, 9.17) is 0 Å². The summed E-state index contributed by atoms with van der Waals surface area (Å²) in [6.07, 6.45) is 0. The van der Waals surface area contributed by atoms with Gasteiger partial charge in [-0.25, -0.2) is 0 Å². The van der Waals surface area contributed by atoms with Gasteiger partial charge in [-0.1, -0.05) is 48.5 Å². The molecule has 0 atom stereocenters. The molecule has 5 heteroatoms. The van der Waals surface area contributed by atoms with Gasteiger partial charge in [0.15, 0.2) is 0 Å². The largest absolute Gasteiger partial charge is 0.322 e. The molecule has 1 fully saturated rings. The van der Waals surface area contributed by atoms with Gasteiger partial charge < -0.3 is 5.32 Å². The summed E-state index contributed by atoms with van der Waals surface area (Å²) in [5.41, 5.74) is 5.82. The van der Waals surface area contributed by atoms with Crippen LogP contribution in [0.5, 0.6) is 0 Å². The Morgan fingerprint density at radius 3 is 2.48 bits per heavy atom. The van der Waals surface area contributed by atoms with Crippen LogP contribution in [0.15, 0.2) is 66.7 Å². The fourth-order valence-electron chi connectivity index (χ4n) is 3.91. The number of rotatable bonds is 5. The molecule has 31 heavy (non-hydrogen) atoms. The van der Waals surface area contributed by atoms with Gasteiger partial charge in [0.25, 0.3) is 5.91 Å². The molecular weight excluding hydrogens is 402 g/mol. The Kier molecular flexibility index (Phi) is 6.71. The van der Waals surface area contributed by atoms with Crippen LogP contribution in [0, 0.1) is 18.3 Å². The zero-order valence-corrected chi connectivity index (χ0v) is 18.4. The van der Waals surface area contributed by atoms with Gasteiger partial charge in [-0.15, -0.1) is 0 Å². The second kappa shape index (κ2) is 9.82. The van der Waals surface area contributed by atoms with Gasteiger partial charge >= 0.3 is 0 Å². The third kappa shape index (κ3) is 4.82. The minimum absolute atomic E-state index is 0.169. The summed E-state index contributed by atoms with van der Waals surface area (Å²) < 4.78 is 0. The van der Waals surface area contributed by atoms with E-state index in [0.29, 0.717) is 11.1 Å². The van der Waals surface area contributed by atoms with E-state index in [9.17, 15) is 10.1 Å². The third-order valence-electron chi connectivity index (χ3n) is 5.70. The van der Waals surface area contributed by atoms with Crippen LogP contribution in [-0.2, 0) is 6.54 Å². The summed E-state index contributed by atoms with van der Waals surface area (Å²) in [5.74, 6) is 2.19. The molecule has 1 N–H and O–H groups in total. The first-order valence-electron chi connectivity index (χ1n) is 10.5. The Balaban J connectivity index is 1.60. The Labute approximate surface area is 187 Å². The number of carbonyl (C=O) groups is 1. The second-order valence-electron chi connectivity index (χ2n) is 7.64. The molecule has 1 saturated heterocycles. The van der Waals surface area contributed by atoms with Gasteiger partial charge in [-0.3, -0.25) is 9.69 Å². The summed E-state index contributed by atoms with van der Waals surface area (Å²) in [6, 6.07) is 23.2. The molecule has 156 valence electrons. The predicted octanol–water partition coefficient (Wildman–Crippen LogP) is 5.33. The summed E-state index contributed by atoms with van der Waals surface area (Å²) in [6.45, 7) is 5.18. The van der Waals surface area contributed by atoms with E-state index in [1.54, 1.807) is 6.07 Å². The molecule has 0 saturated carbocycles. The van der Waals surface area contributed by atoms with Gasteiger partial charge in [-0.2, -0.15) is 17.0 Å². The number of benzene rings is 3. The van der Waals surface area contributed by atoms with Gasteiger partial charge in [0.05, 0.1) is 11.6 Å². The fraction of sp³-hybridized carbons (Fsp3) is 0.231. The molecule has 0 unspecified atom stereocenters. The third-order valence-corrected chi connectivity index (χ3v) is 6.64. The number of hydrogen-bond donors (Lipinski definition) is 1. The van der Waals surface area contributed by atoms with Crippen molar-refractivity contribution in [3.8, 4) is 17.2 Å². The van der Waals surface area contributed by atoms with Crippen molar-refractivity contribution < 1.29 is 4.79 Å². The molecule has 0 aliphatic carbocycles. The molecule has 0 bridgehead atoms. The SMILES string of the molecule is Cc1c(CN2CCSCC2)cccc1NC(=O)c1ccccc1-c1ccccc1C#N. The normalized spacial score (nSPS) is 14.1. The van der Waals surface area contributed by atoms with E-state index in [-0.39, 0.29) is 5.91 Å². The zero-order valence-electron chi connectivity index (χ0n) is 17.6. The average molecular weight is 428 g/mol. The van der Waals surface area contributed by atoms with Crippen LogP contribution >= 0.6 is 11.8 Å². The maximum atomic E-state index is 13.3. The smallest absolute Gasteiger partial charge is 0.256 e. The van der Waals surface area contributed by atoms with Crippen molar-refractivity contribution in [3.05, 3.63) is 89.0 Å². The highest BCUT2D eigenvalue weighted by Crippen LogP contribution is 2.28. The van der Waals surface area contributed by atoms with Gasteiger partial charge in [0, 0.05) is 48.0 Å². The fourth-order valence-corrected chi connectivity index (χ4v) is 4.89. The van der Waals surface area contributed by atoms with Crippen molar-refractivity contribution in [2.24, 2.45) is 0 Å². The Hall–Kier alpha value is -3.07. The zero-order chi connectivity index (χ0) is 21.6. The molecule has 0 aromatic heterocycles. The van der Waals surface area contributed by atoms with E-state index in [2.05, 4.69) is 29.3 Å². The van der Waals surface area contributed by atoms with E-state index < -0.39 is 0 Å². The lowest BCUT2D eigenvalue weighted by atomic mass is 9.95. The minimum atomic E-state index is -0.169. The first kappa shape index (κ1) is 21.2. The quantitative estimate of drug-likeness (QED) is 0.598. The number of thioether (sulfide) groups is 1.